The van der Waals surface area contributed by atoms with Crippen molar-refractivity contribution < 1.29 is 27.4 Å². The van der Waals surface area contributed by atoms with Crippen molar-refractivity contribution in [2.45, 2.75) is 13.1 Å². The van der Waals surface area contributed by atoms with E-state index in [9.17, 15) is 18.0 Å². The van der Waals surface area contributed by atoms with Gasteiger partial charge in [0.05, 0.1) is 18.4 Å². The summed E-state index contributed by atoms with van der Waals surface area (Å²) in [6.07, 6.45) is -2.77. The summed E-state index contributed by atoms with van der Waals surface area (Å²) in [5, 5.41) is 3.49. The number of carbonyl (C=O) groups excluding carboxylic acids is 1. The summed E-state index contributed by atoms with van der Waals surface area (Å²) in [6.45, 7) is 1.77. The molecule has 2 rings (SSSR count). The number of nitrogens with zero attached hydrogens (tertiary/aromatic N) is 3. The van der Waals surface area contributed by atoms with Crippen LogP contribution in [-0.4, -0.2) is 27.3 Å². The van der Waals surface area contributed by atoms with Crippen LogP contribution in [-0.2, 0) is 18.0 Å². The van der Waals surface area contributed by atoms with Gasteiger partial charge in [-0.1, -0.05) is 11.6 Å². The van der Waals surface area contributed by atoms with E-state index in [4.69, 9.17) is 21.1 Å². The highest BCUT2D eigenvalue weighted by Crippen LogP contribution is 2.35. The Labute approximate surface area is 133 Å². The highest BCUT2D eigenvalue weighted by atomic mass is 35.5. The van der Waals surface area contributed by atoms with Gasteiger partial charge < -0.3 is 9.47 Å². The number of carbonyl (C=O) groups is 1. The van der Waals surface area contributed by atoms with Gasteiger partial charge in [-0.25, -0.2) is 14.5 Å². The molecule has 2 aromatic rings. The van der Waals surface area contributed by atoms with Crippen LogP contribution in [0.1, 0.15) is 22.8 Å². The first-order valence-corrected chi connectivity index (χ1v) is 6.71. The van der Waals surface area contributed by atoms with Crippen LogP contribution in [0, 0.1) is 0 Å². The minimum absolute atomic E-state index is 0.00659. The zero-order chi connectivity index (χ0) is 17.2. The molecule has 124 valence electrons. The van der Waals surface area contributed by atoms with E-state index in [1.165, 1.54) is 17.9 Å². The fourth-order valence-electron chi connectivity index (χ4n) is 1.64. The van der Waals surface area contributed by atoms with Crippen LogP contribution < -0.4 is 4.74 Å². The van der Waals surface area contributed by atoms with E-state index < -0.39 is 17.7 Å². The molecule has 0 aliphatic rings. The number of rotatable bonds is 4. The van der Waals surface area contributed by atoms with Crippen LogP contribution in [0.3, 0.4) is 0 Å². The molecule has 0 aliphatic carbocycles. The third-order valence-electron chi connectivity index (χ3n) is 2.71. The van der Waals surface area contributed by atoms with E-state index in [2.05, 4.69) is 10.1 Å². The molecule has 0 fully saturated rings. The minimum atomic E-state index is -4.57. The molecular weight excluding hydrogens is 339 g/mol. The molecule has 2 heterocycles. The second-order valence-electron chi connectivity index (χ2n) is 4.32. The fourth-order valence-corrected chi connectivity index (χ4v) is 1.85. The molecular formula is C13H11ClF3N3O3. The van der Waals surface area contributed by atoms with Crippen LogP contribution in [0.2, 0.25) is 5.02 Å². The molecule has 0 saturated heterocycles. The van der Waals surface area contributed by atoms with E-state index >= 15 is 0 Å². The van der Waals surface area contributed by atoms with Crippen LogP contribution in [0.25, 0.3) is 0 Å². The smallest absolute Gasteiger partial charge is 0.417 e. The monoisotopic (exact) mass is 349 g/mol. The largest absolute Gasteiger partial charge is 0.462 e. The van der Waals surface area contributed by atoms with E-state index in [0.29, 0.717) is 12.3 Å². The van der Waals surface area contributed by atoms with Gasteiger partial charge in [0.25, 0.3) is 0 Å². The Bertz CT molecular complexity index is 731. The summed E-state index contributed by atoms with van der Waals surface area (Å²) < 4.78 is 49.1. The number of esters is 1. The second-order valence-corrected chi connectivity index (χ2v) is 4.73. The van der Waals surface area contributed by atoms with Crippen LogP contribution in [0.5, 0.6) is 11.8 Å². The van der Waals surface area contributed by atoms with Crippen molar-refractivity contribution in [2.24, 2.45) is 7.05 Å². The molecule has 0 spiro atoms. The Morgan fingerprint density at radius 1 is 1.39 bits per heavy atom. The standard InChI is InChI=1S/C13H11ClF3N3O3/c1-3-22-12(21)8-6-19-20(2)11(8)23-10-9(14)4-7(5-18-10)13(15,16)17/h4-6H,3H2,1-2H3. The SMILES string of the molecule is CCOC(=O)c1cnn(C)c1Oc1ncc(C(F)(F)F)cc1Cl. The second kappa shape index (κ2) is 6.45. The normalized spacial score (nSPS) is 11.4. The molecule has 0 saturated carbocycles. The molecule has 0 N–H and O–H groups in total. The van der Waals surface area contributed by atoms with Gasteiger partial charge in [-0.2, -0.15) is 18.3 Å². The lowest BCUT2D eigenvalue weighted by molar-refractivity contribution is -0.137. The summed E-state index contributed by atoms with van der Waals surface area (Å²) in [5.41, 5.74) is -1.00. The van der Waals surface area contributed by atoms with E-state index in [0.717, 1.165) is 0 Å². The van der Waals surface area contributed by atoms with Crippen molar-refractivity contribution in [3.63, 3.8) is 0 Å². The predicted molar refractivity (Wildman–Crippen MR) is 73.5 cm³/mol. The Hall–Kier alpha value is -2.29. The average Bonchev–Trinajstić information content (AvgIpc) is 2.81. The maximum absolute atomic E-state index is 12.6. The lowest BCUT2D eigenvalue weighted by Gasteiger charge is -2.11. The number of hydrogen-bond acceptors (Lipinski definition) is 5. The summed E-state index contributed by atoms with van der Waals surface area (Å²) in [4.78, 5) is 15.3. The summed E-state index contributed by atoms with van der Waals surface area (Å²) in [6, 6.07) is 0.685. The number of aromatic nitrogens is 3. The van der Waals surface area contributed by atoms with Gasteiger partial charge in [-0.05, 0) is 13.0 Å². The zero-order valence-corrected chi connectivity index (χ0v) is 12.8. The van der Waals surface area contributed by atoms with Crippen LogP contribution in [0.4, 0.5) is 13.2 Å². The van der Waals surface area contributed by atoms with Gasteiger partial charge in [-0.3, -0.25) is 0 Å². The topological polar surface area (TPSA) is 66.2 Å². The van der Waals surface area contributed by atoms with Gasteiger partial charge in [0.15, 0.2) is 0 Å². The molecule has 2 aromatic heterocycles. The number of halogens is 4. The molecule has 0 aliphatic heterocycles. The van der Waals surface area contributed by atoms with Crippen molar-refractivity contribution in [1.82, 2.24) is 14.8 Å². The Balaban J connectivity index is 2.33. The number of ether oxygens (including phenoxy) is 2. The third-order valence-corrected chi connectivity index (χ3v) is 2.98. The predicted octanol–water partition coefficient (Wildman–Crippen LogP) is 3.46. The maximum Gasteiger partial charge on any atom is 0.417 e. The maximum atomic E-state index is 12.6. The first-order valence-electron chi connectivity index (χ1n) is 6.33. The molecule has 6 nitrogen and oxygen atoms in total. The van der Waals surface area contributed by atoms with Gasteiger partial charge >= 0.3 is 12.1 Å². The molecule has 0 unspecified atom stereocenters. The number of aryl methyl sites for hydroxylation is 1. The van der Waals surface area contributed by atoms with Crippen molar-refractivity contribution >= 4 is 17.6 Å². The minimum Gasteiger partial charge on any atom is -0.462 e. The summed E-state index contributed by atoms with van der Waals surface area (Å²) >= 11 is 5.76. The quantitative estimate of drug-likeness (QED) is 0.791. The average molecular weight is 350 g/mol. The van der Waals surface area contributed by atoms with Gasteiger partial charge in [0.1, 0.15) is 10.6 Å². The molecule has 0 atom stereocenters. The Morgan fingerprint density at radius 3 is 2.65 bits per heavy atom. The van der Waals surface area contributed by atoms with E-state index in [-0.39, 0.29) is 29.0 Å². The van der Waals surface area contributed by atoms with Crippen molar-refractivity contribution in [3.05, 3.63) is 34.6 Å². The van der Waals surface area contributed by atoms with E-state index in [1.54, 1.807) is 6.92 Å². The summed E-state index contributed by atoms with van der Waals surface area (Å²) in [5.74, 6) is -1.01. The van der Waals surface area contributed by atoms with E-state index in [1.807, 2.05) is 0 Å². The molecule has 0 bridgehead atoms. The Morgan fingerprint density at radius 2 is 2.09 bits per heavy atom. The van der Waals surface area contributed by atoms with Gasteiger partial charge in [0, 0.05) is 13.2 Å². The third kappa shape index (κ3) is 3.73. The van der Waals surface area contributed by atoms with Crippen molar-refractivity contribution in [2.75, 3.05) is 6.61 Å². The number of alkyl halides is 3. The van der Waals surface area contributed by atoms with Gasteiger partial charge in [0.2, 0.25) is 11.8 Å². The summed E-state index contributed by atoms with van der Waals surface area (Å²) in [7, 11) is 1.48. The lowest BCUT2D eigenvalue weighted by atomic mass is 10.3. The molecule has 0 aromatic carbocycles. The molecule has 0 amide bonds. The first-order chi connectivity index (χ1) is 10.7. The fraction of sp³-hybridized carbons (Fsp3) is 0.308. The highest BCUT2D eigenvalue weighted by Gasteiger charge is 2.32. The first kappa shape index (κ1) is 17.1. The van der Waals surface area contributed by atoms with Crippen molar-refractivity contribution in [3.8, 4) is 11.8 Å². The molecule has 10 heteroatoms. The van der Waals surface area contributed by atoms with Gasteiger partial charge in [-0.15, -0.1) is 0 Å². The number of hydrogen-bond donors (Lipinski definition) is 0. The van der Waals surface area contributed by atoms with Crippen LogP contribution >= 0.6 is 11.6 Å². The lowest BCUT2D eigenvalue weighted by Crippen LogP contribution is -2.08. The van der Waals surface area contributed by atoms with Crippen LogP contribution in [0.15, 0.2) is 18.5 Å². The molecule has 0 radical (unpaired) electrons. The van der Waals surface area contributed by atoms with Crippen molar-refractivity contribution in [1.29, 1.82) is 0 Å². The zero-order valence-electron chi connectivity index (χ0n) is 12.0. The number of pyridine rings is 1. The highest BCUT2D eigenvalue weighted by molar-refractivity contribution is 6.31. The Kier molecular flexibility index (Phi) is 4.79. The molecule has 23 heavy (non-hydrogen) atoms.